The molecule has 140 valence electrons. The standard InChI is InChI=1S/C22H23BrN2O2/c1-22(21(27)24-16-18-11-5-6-12-19(18)23)14-15-25(22)20(26)13-7-10-17-8-3-2-4-9-17/h2-12H,13-16H2,1H3,(H,24,27)/b10-7+. The third-order valence-electron chi connectivity index (χ3n) is 5.01. The van der Waals surface area contributed by atoms with Gasteiger partial charge in [0.15, 0.2) is 0 Å². The molecule has 0 radical (unpaired) electrons. The summed E-state index contributed by atoms with van der Waals surface area (Å²) >= 11 is 3.49. The summed E-state index contributed by atoms with van der Waals surface area (Å²) in [5.74, 6) is -0.128. The first kappa shape index (κ1) is 19.4. The first-order chi connectivity index (χ1) is 13.0. The summed E-state index contributed by atoms with van der Waals surface area (Å²) in [6, 6.07) is 17.6. The van der Waals surface area contributed by atoms with E-state index < -0.39 is 5.54 Å². The van der Waals surface area contributed by atoms with Gasteiger partial charge in [-0.05, 0) is 30.5 Å². The summed E-state index contributed by atoms with van der Waals surface area (Å²) in [4.78, 5) is 26.9. The zero-order valence-corrected chi connectivity index (χ0v) is 16.9. The lowest BCUT2D eigenvalue weighted by molar-refractivity contribution is -0.157. The Morgan fingerprint density at radius 1 is 1.15 bits per heavy atom. The highest BCUT2D eigenvalue weighted by molar-refractivity contribution is 9.10. The van der Waals surface area contributed by atoms with Crippen molar-refractivity contribution >= 4 is 33.8 Å². The quantitative estimate of drug-likeness (QED) is 0.753. The number of amides is 2. The van der Waals surface area contributed by atoms with Gasteiger partial charge in [0.25, 0.3) is 0 Å². The molecule has 3 rings (SSSR count). The van der Waals surface area contributed by atoms with Gasteiger partial charge in [-0.1, -0.05) is 76.6 Å². The molecule has 27 heavy (non-hydrogen) atoms. The Morgan fingerprint density at radius 3 is 2.52 bits per heavy atom. The van der Waals surface area contributed by atoms with Crippen LogP contribution in [0.1, 0.15) is 30.9 Å². The minimum Gasteiger partial charge on any atom is -0.350 e. The van der Waals surface area contributed by atoms with Crippen LogP contribution in [0.5, 0.6) is 0 Å². The predicted molar refractivity (Wildman–Crippen MR) is 111 cm³/mol. The predicted octanol–water partition coefficient (Wildman–Crippen LogP) is 4.16. The molecule has 1 unspecified atom stereocenters. The number of nitrogens with one attached hydrogen (secondary N) is 1. The third-order valence-corrected chi connectivity index (χ3v) is 5.78. The van der Waals surface area contributed by atoms with Crippen molar-refractivity contribution < 1.29 is 9.59 Å². The van der Waals surface area contributed by atoms with Gasteiger partial charge < -0.3 is 10.2 Å². The molecule has 5 heteroatoms. The Hall–Kier alpha value is -2.40. The molecule has 1 atom stereocenters. The average molecular weight is 427 g/mol. The van der Waals surface area contributed by atoms with Crippen LogP contribution in [0.2, 0.25) is 0 Å². The van der Waals surface area contributed by atoms with Crippen LogP contribution in [0.3, 0.4) is 0 Å². The summed E-state index contributed by atoms with van der Waals surface area (Å²) in [7, 11) is 0. The minimum atomic E-state index is -0.765. The Morgan fingerprint density at radius 2 is 1.85 bits per heavy atom. The van der Waals surface area contributed by atoms with E-state index >= 15 is 0 Å². The number of nitrogens with zero attached hydrogens (tertiary/aromatic N) is 1. The lowest BCUT2D eigenvalue weighted by atomic mass is 9.85. The van der Waals surface area contributed by atoms with Crippen molar-refractivity contribution in [3.05, 3.63) is 76.3 Å². The fourth-order valence-corrected chi connectivity index (χ4v) is 3.60. The molecule has 0 bridgehead atoms. The van der Waals surface area contributed by atoms with Crippen LogP contribution in [-0.4, -0.2) is 28.8 Å². The van der Waals surface area contributed by atoms with Crippen LogP contribution < -0.4 is 5.32 Å². The van der Waals surface area contributed by atoms with Crippen molar-refractivity contribution in [3.63, 3.8) is 0 Å². The lowest BCUT2D eigenvalue weighted by Crippen LogP contribution is -2.67. The molecular weight excluding hydrogens is 404 g/mol. The number of likely N-dealkylation sites (tertiary alicyclic amines) is 1. The molecule has 2 aromatic rings. The van der Waals surface area contributed by atoms with E-state index in [1.165, 1.54) is 0 Å². The van der Waals surface area contributed by atoms with E-state index in [4.69, 9.17) is 0 Å². The molecule has 2 amide bonds. The van der Waals surface area contributed by atoms with E-state index in [0.29, 0.717) is 25.9 Å². The topological polar surface area (TPSA) is 49.4 Å². The van der Waals surface area contributed by atoms with Crippen molar-refractivity contribution in [2.75, 3.05) is 6.54 Å². The Bertz CT molecular complexity index is 850. The van der Waals surface area contributed by atoms with Gasteiger partial charge >= 0.3 is 0 Å². The molecule has 1 fully saturated rings. The highest BCUT2D eigenvalue weighted by Gasteiger charge is 2.48. The zero-order chi connectivity index (χ0) is 19.3. The summed E-state index contributed by atoms with van der Waals surface area (Å²) in [5.41, 5.74) is 1.30. The van der Waals surface area contributed by atoms with E-state index in [-0.39, 0.29) is 11.8 Å². The Labute approximate surface area is 168 Å². The van der Waals surface area contributed by atoms with Crippen molar-refractivity contribution in [3.8, 4) is 0 Å². The van der Waals surface area contributed by atoms with Gasteiger partial charge in [-0.25, -0.2) is 0 Å². The molecule has 0 aliphatic carbocycles. The van der Waals surface area contributed by atoms with E-state index in [2.05, 4.69) is 21.2 Å². The Balaban J connectivity index is 1.55. The molecular formula is C22H23BrN2O2. The molecule has 1 aliphatic rings. The van der Waals surface area contributed by atoms with Gasteiger partial charge in [-0.3, -0.25) is 9.59 Å². The number of carbonyl (C=O) groups is 2. The van der Waals surface area contributed by atoms with Gasteiger partial charge in [-0.15, -0.1) is 0 Å². The second kappa shape index (κ2) is 8.53. The van der Waals surface area contributed by atoms with Gasteiger partial charge in [0.2, 0.25) is 11.8 Å². The minimum absolute atomic E-state index is 0.0213. The zero-order valence-electron chi connectivity index (χ0n) is 15.3. The van der Waals surface area contributed by atoms with Crippen LogP contribution in [-0.2, 0) is 16.1 Å². The van der Waals surface area contributed by atoms with Gasteiger partial charge in [0.05, 0.1) is 0 Å². The third kappa shape index (κ3) is 4.48. The average Bonchev–Trinajstić information content (AvgIpc) is 2.66. The first-order valence-corrected chi connectivity index (χ1v) is 9.84. The van der Waals surface area contributed by atoms with Crippen molar-refractivity contribution in [2.24, 2.45) is 0 Å². The van der Waals surface area contributed by atoms with E-state index in [1.54, 1.807) is 4.90 Å². The number of carbonyl (C=O) groups excluding carboxylic acids is 2. The molecule has 1 heterocycles. The summed E-state index contributed by atoms with van der Waals surface area (Å²) < 4.78 is 0.961. The number of hydrogen-bond donors (Lipinski definition) is 1. The van der Waals surface area contributed by atoms with Gasteiger partial charge in [-0.2, -0.15) is 0 Å². The molecule has 0 saturated carbocycles. The van der Waals surface area contributed by atoms with Crippen molar-refractivity contribution in [1.29, 1.82) is 0 Å². The lowest BCUT2D eigenvalue weighted by Gasteiger charge is -2.49. The maximum Gasteiger partial charge on any atom is 0.246 e. The van der Waals surface area contributed by atoms with Crippen molar-refractivity contribution in [2.45, 2.75) is 31.8 Å². The largest absolute Gasteiger partial charge is 0.350 e. The summed E-state index contributed by atoms with van der Waals surface area (Å²) in [6.45, 7) is 2.90. The molecule has 2 aromatic carbocycles. The van der Waals surface area contributed by atoms with Crippen LogP contribution in [0.4, 0.5) is 0 Å². The summed E-state index contributed by atoms with van der Waals surface area (Å²) in [6.07, 6.45) is 4.77. The maximum atomic E-state index is 12.7. The maximum absolute atomic E-state index is 12.7. The van der Waals surface area contributed by atoms with E-state index in [1.807, 2.05) is 73.7 Å². The van der Waals surface area contributed by atoms with Crippen LogP contribution in [0, 0.1) is 0 Å². The smallest absolute Gasteiger partial charge is 0.246 e. The molecule has 1 aliphatic heterocycles. The highest BCUT2D eigenvalue weighted by Crippen LogP contribution is 2.31. The number of rotatable bonds is 6. The van der Waals surface area contributed by atoms with Crippen LogP contribution in [0.15, 0.2) is 65.1 Å². The first-order valence-electron chi connectivity index (χ1n) is 9.04. The SMILES string of the molecule is CC1(C(=O)NCc2ccccc2Br)CCN1C(=O)C/C=C/c1ccccc1. The number of halogens is 1. The normalized spacial score (nSPS) is 19.0. The van der Waals surface area contributed by atoms with Crippen LogP contribution in [0.25, 0.3) is 6.08 Å². The Kier molecular flexibility index (Phi) is 6.11. The second-order valence-corrected chi connectivity index (χ2v) is 7.71. The fourth-order valence-electron chi connectivity index (χ4n) is 3.17. The highest BCUT2D eigenvalue weighted by atomic mass is 79.9. The van der Waals surface area contributed by atoms with E-state index in [9.17, 15) is 9.59 Å². The van der Waals surface area contributed by atoms with Crippen molar-refractivity contribution in [1.82, 2.24) is 10.2 Å². The second-order valence-electron chi connectivity index (χ2n) is 6.86. The fraction of sp³-hybridized carbons (Fsp3) is 0.273. The monoisotopic (exact) mass is 426 g/mol. The molecule has 1 N–H and O–H groups in total. The van der Waals surface area contributed by atoms with Gasteiger partial charge in [0.1, 0.15) is 5.54 Å². The summed E-state index contributed by atoms with van der Waals surface area (Å²) in [5, 5.41) is 2.97. The van der Waals surface area contributed by atoms with E-state index in [0.717, 1.165) is 15.6 Å². The number of hydrogen-bond acceptors (Lipinski definition) is 2. The molecule has 0 aromatic heterocycles. The molecule has 1 saturated heterocycles. The molecule has 0 spiro atoms. The van der Waals surface area contributed by atoms with Gasteiger partial charge in [0, 0.05) is 24.0 Å². The van der Waals surface area contributed by atoms with Crippen LogP contribution >= 0.6 is 15.9 Å². The number of benzene rings is 2. The molecule has 4 nitrogen and oxygen atoms in total.